The first-order valence-electron chi connectivity index (χ1n) is 9.16. The summed E-state index contributed by atoms with van der Waals surface area (Å²) in [5, 5.41) is 6.66. The first-order chi connectivity index (χ1) is 14.5. The number of nitrogens with zero attached hydrogens (tertiary/aromatic N) is 3. The minimum Gasteiger partial charge on any atom is -0.493 e. The van der Waals surface area contributed by atoms with E-state index in [9.17, 15) is 13.6 Å². The van der Waals surface area contributed by atoms with Gasteiger partial charge in [0.25, 0.3) is 0 Å². The summed E-state index contributed by atoms with van der Waals surface area (Å²) in [5.74, 6) is 0.790. The van der Waals surface area contributed by atoms with Crippen molar-refractivity contribution in [2.75, 3.05) is 13.7 Å². The SMILES string of the molecule is COc1ccc(CCNC(=O)CCc2nc(-c3ccncc3)no2)cc1OC(F)F. The maximum absolute atomic E-state index is 12.5. The molecule has 0 aliphatic rings. The zero-order valence-electron chi connectivity index (χ0n) is 16.2. The Morgan fingerprint density at radius 2 is 1.97 bits per heavy atom. The lowest BCUT2D eigenvalue weighted by Crippen LogP contribution is -2.25. The molecule has 0 atom stereocenters. The third-order valence-electron chi connectivity index (χ3n) is 4.15. The molecule has 3 rings (SSSR count). The second-order valence-corrected chi connectivity index (χ2v) is 6.21. The number of carbonyl (C=O) groups excluding carboxylic acids is 1. The Bertz CT molecular complexity index is 966. The molecule has 0 aliphatic heterocycles. The van der Waals surface area contributed by atoms with Gasteiger partial charge >= 0.3 is 6.61 Å². The van der Waals surface area contributed by atoms with Crippen LogP contribution in [0.1, 0.15) is 17.9 Å². The van der Waals surface area contributed by atoms with Crippen LogP contribution in [-0.4, -0.2) is 41.3 Å². The van der Waals surface area contributed by atoms with Crippen molar-refractivity contribution in [3.63, 3.8) is 0 Å². The molecule has 0 saturated heterocycles. The lowest BCUT2D eigenvalue weighted by molar-refractivity contribution is -0.121. The van der Waals surface area contributed by atoms with E-state index in [1.54, 1.807) is 36.7 Å². The van der Waals surface area contributed by atoms with Crippen LogP contribution in [0.2, 0.25) is 0 Å². The van der Waals surface area contributed by atoms with Crippen LogP contribution in [0.4, 0.5) is 8.78 Å². The summed E-state index contributed by atoms with van der Waals surface area (Å²) >= 11 is 0. The quantitative estimate of drug-likeness (QED) is 0.540. The number of alkyl halides is 2. The van der Waals surface area contributed by atoms with Gasteiger partial charge in [-0.3, -0.25) is 9.78 Å². The number of aryl methyl sites for hydroxylation is 1. The standard InChI is InChI=1S/C20H20F2N4O4/c1-28-15-3-2-13(12-16(15)29-20(21)22)6-11-24-17(27)4-5-18-25-19(26-30-18)14-7-9-23-10-8-14/h2-3,7-10,12,20H,4-6,11H2,1H3,(H,24,27). The Balaban J connectivity index is 1.45. The number of hydrogen-bond donors (Lipinski definition) is 1. The summed E-state index contributed by atoms with van der Waals surface area (Å²) in [6, 6.07) is 8.26. The van der Waals surface area contributed by atoms with Gasteiger partial charge in [-0.05, 0) is 36.2 Å². The molecule has 0 aliphatic carbocycles. The van der Waals surface area contributed by atoms with Crippen molar-refractivity contribution in [2.24, 2.45) is 0 Å². The minimum absolute atomic E-state index is 0.0438. The molecule has 0 fully saturated rings. The molecular weight excluding hydrogens is 398 g/mol. The van der Waals surface area contributed by atoms with Crippen LogP contribution in [0, 0.1) is 0 Å². The topological polar surface area (TPSA) is 99.4 Å². The zero-order valence-corrected chi connectivity index (χ0v) is 16.2. The Morgan fingerprint density at radius 1 is 1.17 bits per heavy atom. The van der Waals surface area contributed by atoms with Gasteiger partial charge in [0, 0.05) is 37.3 Å². The maximum atomic E-state index is 12.5. The van der Waals surface area contributed by atoms with E-state index >= 15 is 0 Å². The van der Waals surface area contributed by atoms with E-state index in [2.05, 4.69) is 25.2 Å². The molecule has 0 bridgehead atoms. The average Bonchev–Trinajstić information content (AvgIpc) is 3.22. The van der Waals surface area contributed by atoms with Crippen molar-refractivity contribution in [3.05, 3.63) is 54.2 Å². The summed E-state index contributed by atoms with van der Waals surface area (Å²) in [7, 11) is 1.37. The highest BCUT2D eigenvalue weighted by molar-refractivity contribution is 5.76. The predicted molar refractivity (Wildman–Crippen MR) is 102 cm³/mol. The number of methoxy groups -OCH3 is 1. The second kappa shape index (κ2) is 10.3. The number of benzene rings is 1. The highest BCUT2D eigenvalue weighted by atomic mass is 19.3. The lowest BCUT2D eigenvalue weighted by atomic mass is 10.1. The van der Waals surface area contributed by atoms with Crippen LogP contribution in [0.25, 0.3) is 11.4 Å². The molecule has 0 unspecified atom stereocenters. The molecule has 2 aromatic heterocycles. The number of ether oxygens (including phenoxy) is 2. The number of hydrogen-bond acceptors (Lipinski definition) is 7. The second-order valence-electron chi connectivity index (χ2n) is 6.21. The van der Waals surface area contributed by atoms with E-state index in [1.807, 2.05) is 0 Å². The number of nitrogens with one attached hydrogen (secondary N) is 1. The van der Waals surface area contributed by atoms with Gasteiger partial charge in [-0.1, -0.05) is 11.2 Å². The first kappa shape index (κ1) is 21.2. The number of aromatic nitrogens is 3. The summed E-state index contributed by atoms with van der Waals surface area (Å²) in [6.45, 7) is -2.61. The lowest BCUT2D eigenvalue weighted by Gasteiger charge is -2.11. The van der Waals surface area contributed by atoms with Crippen molar-refractivity contribution >= 4 is 5.91 Å². The number of pyridine rings is 1. The molecule has 30 heavy (non-hydrogen) atoms. The minimum atomic E-state index is -2.95. The van der Waals surface area contributed by atoms with Crippen molar-refractivity contribution in [1.29, 1.82) is 0 Å². The van der Waals surface area contributed by atoms with Crippen LogP contribution in [-0.2, 0) is 17.6 Å². The summed E-state index contributed by atoms with van der Waals surface area (Å²) < 4.78 is 39.6. The Morgan fingerprint density at radius 3 is 2.70 bits per heavy atom. The van der Waals surface area contributed by atoms with Crippen LogP contribution in [0.15, 0.2) is 47.2 Å². The van der Waals surface area contributed by atoms with Gasteiger partial charge in [-0.2, -0.15) is 13.8 Å². The maximum Gasteiger partial charge on any atom is 0.387 e. The molecule has 158 valence electrons. The van der Waals surface area contributed by atoms with E-state index in [4.69, 9.17) is 9.26 Å². The monoisotopic (exact) mass is 418 g/mol. The molecule has 1 amide bonds. The van der Waals surface area contributed by atoms with E-state index in [-0.39, 0.29) is 23.8 Å². The van der Waals surface area contributed by atoms with Crippen LogP contribution in [0.5, 0.6) is 11.5 Å². The largest absolute Gasteiger partial charge is 0.493 e. The van der Waals surface area contributed by atoms with Gasteiger partial charge < -0.3 is 19.3 Å². The fraction of sp³-hybridized carbons (Fsp3) is 0.300. The molecule has 10 heteroatoms. The average molecular weight is 418 g/mol. The summed E-state index contributed by atoms with van der Waals surface area (Å²) in [6.07, 6.45) is 4.19. The van der Waals surface area contributed by atoms with Gasteiger partial charge in [-0.15, -0.1) is 0 Å². The van der Waals surface area contributed by atoms with Crippen LogP contribution >= 0.6 is 0 Å². The van der Waals surface area contributed by atoms with E-state index in [0.717, 1.165) is 11.1 Å². The van der Waals surface area contributed by atoms with Crippen molar-refractivity contribution < 1.29 is 27.6 Å². The Labute approximate surface area is 171 Å². The number of carbonyl (C=O) groups is 1. The van der Waals surface area contributed by atoms with Gasteiger partial charge in [0.1, 0.15) is 0 Å². The highest BCUT2D eigenvalue weighted by Crippen LogP contribution is 2.29. The molecule has 1 N–H and O–H groups in total. The van der Waals surface area contributed by atoms with Gasteiger partial charge in [0.2, 0.25) is 17.6 Å². The molecular formula is C20H20F2N4O4. The van der Waals surface area contributed by atoms with E-state index in [0.29, 0.717) is 31.1 Å². The normalized spacial score (nSPS) is 10.8. The molecule has 0 saturated carbocycles. The fourth-order valence-corrected chi connectivity index (χ4v) is 2.69. The van der Waals surface area contributed by atoms with Crippen molar-refractivity contribution in [1.82, 2.24) is 20.4 Å². The van der Waals surface area contributed by atoms with E-state index < -0.39 is 6.61 Å². The summed E-state index contributed by atoms with van der Waals surface area (Å²) in [4.78, 5) is 20.2. The summed E-state index contributed by atoms with van der Waals surface area (Å²) in [5.41, 5.74) is 1.50. The molecule has 0 radical (unpaired) electrons. The number of halogens is 2. The van der Waals surface area contributed by atoms with Crippen LogP contribution < -0.4 is 14.8 Å². The van der Waals surface area contributed by atoms with E-state index in [1.165, 1.54) is 13.2 Å². The highest BCUT2D eigenvalue weighted by Gasteiger charge is 2.12. The van der Waals surface area contributed by atoms with Gasteiger partial charge in [0.15, 0.2) is 11.5 Å². The van der Waals surface area contributed by atoms with Crippen molar-refractivity contribution in [2.45, 2.75) is 25.9 Å². The smallest absolute Gasteiger partial charge is 0.387 e. The fourth-order valence-electron chi connectivity index (χ4n) is 2.69. The number of rotatable bonds is 10. The Hall–Kier alpha value is -3.56. The molecule has 1 aromatic carbocycles. The third-order valence-corrected chi connectivity index (χ3v) is 4.15. The molecule has 0 spiro atoms. The Kier molecular flexibility index (Phi) is 7.25. The van der Waals surface area contributed by atoms with Gasteiger partial charge in [-0.25, -0.2) is 0 Å². The predicted octanol–water partition coefficient (Wildman–Crippen LogP) is 3.03. The molecule has 3 aromatic rings. The van der Waals surface area contributed by atoms with Crippen LogP contribution in [0.3, 0.4) is 0 Å². The number of amides is 1. The van der Waals surface area contributed by atoms with Gasteiger partial charge in [0.05, 0.1) is 7.11 Å². The molecule has 8 nitrogen and oxygen atoms in total. The van der Waals surface area contributed by atoms with Crippen molar-refractivity contribution in [3.8, 4) is 22.9 Å². The first-order valence-corrected chi connectivity index (χ1v) is 9.16. The molecule has 2 heterocycles. The zero-order chi connectivity index (χ0) is 21.3. The third kappa shape index (κ3) is 5.97.